The van der Waals surface area contributed by atoms with E-state index in [-0.39, 0.29) is 17.9 Å². The van der Waals surface area contributed by atoms with E-state index < -0.39 is 0 Å². The Bertz CT molecular complexity index is 339. The molecule has 128 valence electrons. The maximum Gasteiger partial charge on any atom is 0.239 e. The molecule has 22 heavy (non-hydrogen) atoms. The van der Waals surface area contributed by atoms with Crippen molar-refractivity contribution in [1.82, 2.24) is 9.80 Å². The molecule has 0 spiro atoms. The van der Waals surface area contributed by atoms with Crippen LogP contribution in [0.5, 0.6) is 0 Å². The van der Waals surface area contributed by atoms with Crippen LogP contribution in [0.2, 0.25) is 0 Å². The van der Waals surface area contributed by atoms with Crippen molar-refractivity contribution in [3.8, 4) is 0 Å². The molecule has 4 nitrogen and oxygen atoms in total. The van der Waals surface area contributed by atoms with Gasteiger partial charge in [0.05, 0.1) is 6.04 Å². The largest absolute Gasteiger partial charge is 0.341 e. The quantitative estimate of drug-likeness (QED) is 0.849. The van der Waals surface area contributed by atoms with Crippen molar-refractivity contribution in [2.45, 2.75) is 64.8 Å². The highest BCUT2D eigenvalue weighted by molar-refractivity contribution is 5.82. The average molecular weight is 309 g/mol. The van der Waals surface area contributed by atoms with Crippen LogP contribution in [-0.4, -0.2) is 54.5 Å². The molecule has 2 heterocycles. The monoisotopic (exact) mass is 309 g/mol. The summed E-state index contributed by atoms with van der Waals surface area (Å²) in [5.41, 5.74) is 6.15. The van der Waals surface area contributed by atoms with Crippen LogP contribution in [0.15, 0.2) is 0 Å². The lowest BCUT2D eigenvalue weighted by molar-refractivity contribution is -0.135. The number of piperidine rings is 1. The summed E-state index contributed by atoms with van der Waals surface area (Å²) in [6.45, 7) is 9.67. The molecule has 0 bridgehead atoms. The minimum atomic E-state index is -0.318. The number of carbonyl (C=O) groups excluding carboxylic acids is 1. The van der Waals surface area contributed by atoms with Crippen molar-refractivity contribution in [3.05, 3.63) is 0 Å². The Labute approximate surface area is 136 Å². The predicted molar refractivity (Wildman–Crippen MR) is 91.6 cm³/mol. The highest BCUT2D eigenvalue weighted by Crippen LogP contribution is 2.21. The average Bonchev–Trinajstić information content (AvgIpc) is 2.81. The van der Waals surface area contributed by atoms with E-state index in [1.165, 1.54) is 51.7 Å². The molecule has 0 aromatic heterocycles. The molecule has 1 amide bonds. The number of nitrogens with zero attached hydrogens (tertiary/aromatic N) is 2. The summed E-state index contributed by atoms with van der Waals surface area (Å²) in [5.74, 6) is 1.09. The van der Waals surface area contributed by atoms with E-state index >= 15 is 0 Å². The van der Waals surface area contributed by atoms with Gasteiger partial charge in [-0.1, -0.05) is 33.1 Å². The summed E-state index contributed by atoms with van der Waals surface area (Å²) in [6.07, 6.45) is 8.82. The lowest BCUT2D eigenvalue weighted by Crippen LogP contribution is -2.51. The first-order valence-corrected chi connectivity index (χ1v) is 9.38. The van der Waals surface area contributed by atoms with E-state index in [0.29, 0.717) is 5.92 Å². The van der Waals surface area contributed by atoms with E-state index in [1.807, 2.05) is 4.90 Å². The van der Waals surface area contributed by atoms with Gasteiger partial charge in [0.2, 0.25) is 5.91 Å². The Morgan fingerprint density at radius 3 is 2.45 bits per heavy atom. The molecule has 2 saturated heterocycles. The molecule has 2 aliphatic rings. The zero-order valence-electron chi connectivity index (χ0n) is 14.6. The molecule has 2 aliphatic heterocycles. The van der Waals surface area contributed by atoms with Gasteiger partial charge in [-0.3, -0.25) is 4.79 Å². The lowest BCUT2D eigenvalue weighted by Gasteiger charge is -2.37. The van der Waals surface area contributed by atoms with Gasteiger partial charge in [0.1, 0.15) is 0 Å². The van der Waals surface area contributed by atoms with E-state index in [9.17, 15) is 4.79 Å². The van der Waals surface area contributed by atoms with Gasteiger partial charge in [-0.05, 0) is 50.6 Å². The number of amides is 1. The molecule has 0 radical (unpaired) electrons. The van der Waals surface area contributed by atoms with Gasteiger partial charge in [-0.2, -0.15) is 0 Å². The molecular weight excluding hydrogens is 274 g/mol. The van der Waals surface area contributed by atoms with Gasteiger partial charge in [0.25, 0.3) is 0 Å². The molecule has 2 fully saturated rings. The minimum Gasteiger partial charge on any atom is -0.341 e. The maximum atomic E-state index is 12.6. The third-order valence-electron chi connectivity index (χ3n) is 5.59. The third-order valence-corrected chi connectivity index (χ3v) is 5.59. The van der Waals surface area contributed by atoms with Crippen molar-refractivity contribution < 1.29 is 4.79 Å². The highest BCUT2D eigenvalue weighted by atomic mass is 16.2. The van der Waals surface area contributed by atoms with Crippen LogP contribution in [-0.2, 0) is 4.79 Å². The topological polar surface area (TPSA) is 49.6 Å². The number of nitrogens with two attached hydrogens (primary N) is 1. The zero-order valence-corrected chi connectivity index (χ0v) is 14.6. The molecule has 2 rings (SSSR count). The summed E-state index contributed by atoms with van der Waals surface area (Å²) in [4.78, 5) is 17.2. The number of likely N-dealkylation sites (tertiary alicyclic amines) is 2. The number of carbonyl (C=O) groups is 1. The Balaban J connectivity index is 1.84. The molecule has 4 heteroatoms. The molecule has 0 aromatic rings. The maximum absolute atomic E-state index is 12.6. The molecule has 0 aliphatic carbocycles. The first kappa shape index (κ1) is 17.7. The van der Waals surface area contributed by atoms with E-state index in [2.05, 4.69) is 18.7 Å². The first-order chi connectivity index (χ1) is 10.6. The standard InChI is InChI=1S/C18H35N3O/c1-3-15(2)17(19)18(22)21-12-8-9-16(14-21)13-20-10-6-4-5-7-11-20/h15-17H,3-14,19H2,1-2H3. The molecular formula is C18H35N3O. The molecule has 3 atom stereocenters. The normalized spacial score (nSPS) is 27.2. The Hall–Kier alpha value is -0.610. The summed E-state index contributed by atoms with van der Waals surface area (Å²) < 4.78 is 0. The van der Waals surface area contributed by atoms with Gasteiger partial charge in [0.15, 0.2) is 0 Å². The van der Waals surface area contributed by atoms with Gasteiger partial charge in [-0.15, -0.1) is 0 Å². The fourth-order valence-electron chi connectivity index (χ4n) is 3.81. The van der Waals surface area contributed by atoms with Gasteiger partial charge in [0, 0.05) is 19.6 Å². The Kier molecular flexibility index (Phi) is 7.16. The fraction of sp³-hybridized carbons (Fsp3) is 0.944. The van der Waals surface area contributed by atoms with Crippen LogP contribution < -0.4 is 5.73 Å². The van der Waals surface area contributed by atoms with Crippen molar-refractivity contribution in [3.63, 3.8) is 0 Å². The number of hydrogen-bond donors (Lipinski definition) is 1. The third kappa shape index (κ3) is 4.95. The number of hydrogen-bond acceptors (Lipinski definition) is 3. The summed E-state index contributed by atoms with van der Waals surface area (Å²) in [5, 5.41) is 0. The summed E-state index contributed by atoms with van der Waals surface area (Å²) in [6, 6.07) is -0.318. The predicted octanol–water partition coefficient (Wildman–Crippen LogP) is 2.47. The second-order valence-corrected chi connectivity index (χ2v) is 7.42. The van der Waals surface area contributed by atoms with Gasteiger partial charge >= 0.3 is 0 Å². The second kappa shape index (κ2) is 8.88. The Morgan fingerprint density at radius 2 is 1.82 bits per heavy atom. The molecule has 3 unspecified atom stereocenters. The minimum absolute atomic E-state index is 0.176. The van der Waals surface area contributed by atoms with E-state index in [4.69, 9.17) is 5.73 Å². The van der Waals surface area contributed by atoms with Crippen LogP contribution in [0.1, 0.15) is 58.8 Å². The van der Waals surface area contributed by atoms with Crippen molar-refractivity contribution in [2.24, 2.45) is 17.6 Å². The molecule has 0 aromatic carbocycles. The molecule has 2 N–H and O–H groups in total. The van der Waals surface area contributed by atoms with E-state index in [1.54, 1.807) is 0 Å². The van der Waals surface area contributed by atoms with Crippen LogP contribution in [0.3, 0.4) is 0 Å². The number of rotatable bonds is 5. The SMILES string of the molecule is CCC(C)C(N)C(=O)N1CCCC(CN2CCCCCC2)C1. The molecule has 0 saturated carbocycles. The van der Waals surface area contributed by atoms with Gasteiger partial charge in [-0.25, -0.2) is 0 Å². The van der Waals surface area contributed by atoms with Crippen LogP contribution >= 0.6 is 0 Å². The van der Waals surface area contributed by atoms with Crippen molar-refractivity contribution >= 4 is 5.91 Å². The fourth-order valence-corrected chi connectivity index (χ4v) is 3.81. The summed E-state index contributed by atoms with van der Waals surface area (Å²) in [7, 11) is 0. The second-order valence-electron chi connectivity index (χ2n) is 7.42. The van der Waals surface area contributed by atoms with Crippen LogP contribution in [0, 0.1) is 11.8 Å². The smallest absolute Gasteiger partial charge is 0.239 e. The highest BCUT2D eigenvalue weighted by Gasteiger charge is 2.30. The Morgan fingerprint density at radius 1 is 1.14 bits per heavy atom. The van der Waals surface area contributed by atoms with E-state index in [0.717, 1.165) is 25.9 Å². The van der Waals surface area contributed by atoms with Crippen LogP contribution in [0.4, 0.5) is 0 Å². The zero-order chi connectivity index (χ0) is 15.9. The van der Waals surface area contributed by atoms with Crippen molar-refractivity contribution in [2.75, 3.05) is 32.7 Å². The first-order valence-electron chi connectivity index (χ1n) is 9.38. The van der Waals surface area contributed by atoms with Crippen molar-refractivity contribution in [1.29, 1.82) is 0 Å². The van der Waals surface area contributed by atoms with Crippen LogP contribution in [0.25, 0.3) is 0 Å². The summed E-state index contributed by atoms with van der Waals surface area (Å²) >= 11 is 0. The lowest BCUT2D eigenvalue weighted by atomic mass is 9.94. The van der Waals surface area contributed by atoms with Gasteiger partial charge < -0.3 is 15.5 Å².